The van der Waals surface area contributed by atoms with Crippen LogP contribution in [-0.2, 0) is 20.3 Å². The van der Waals surface area contributed by atoms with Gasteiger partial charge in [0.05, 0.1) is 16.0 Å². The van der Waals surface area contributed by atoms with Gasteiger partial charge in [-0.25, -0.2) is 19.6 Å². The monoisotopic (exact) mass is 422 g/mol. The number of carbonyl (C=O) groups excluding carboxylic acids is 2. The zero-order valence-electron chi connectivity index (χ0n) is 17.4. The number of hydrogen-bond donors (Lipinski definition) is 1. The van der Waals surface area contributed by atoms with Gasteiger partial charge in [-0.3, -0.25) is 4.21 Å². The van der Waals surface area contributed by atoms with Gasteiger partial charge in [0.1, 0.15) is 12.2 Å². The molecular formula is C18H34N2O5S2. The van der Waals surface area contributed by atoms with Crippen molar-refractivity contribution < 1.29 is 23.3 Å². The molecule has 0 spiro atoms. The quantitative estimate of drug-likeness (QED) is 0.682. The molecule has 0 aliphatic carbocycles. The van der Waals surface area contributed by atoms with E-state index in [1.54, 1.807) is 44.1 Å². The molecule has 0 aromatic heterocycles. The van der Waals surface area contributed by atoms with Crippen LogP contribution in [0.2, 0.25) is 0 Å². The summed E-state index contributed by atoms with van der Waals surface area (Å²) in [6, 6.07) is -0.301. The Morgan fingerprint density at radius 3 is 2.41 bits per heavy atom. The predicted octanol–water partition coefficient (Wildman–Crippen LogP) is 2.68. The van der Waals surface area contributed by atoms with Crippen LogP contribution in [0.4, 0.5) is 9.59 Å². The molecule has 27 heavy (non-hydrogen) atoms. The normalized spacial score (nSPS) is 18.6. The van der Waals surface area contributed by atoms with Crippen LogP contribution in [-0.4, -0.2) is 82.4 Å². The molecule has 1 aliphatic heterocycles. The van der Waals surface area contributed by atoms with Gasteiger partial charge in [0, 0.05) is 30.3 Å². The second-order valence-electron chi connectivity index (χ2n) is 8.53. The molecule has 0 aromatic carbocycles. The zero-order chi connectivity index (χ0) is 20.8. The SMILES string of the molecule is CC(/C=C/S(=O)C1CN(C(=O)OCCS(C)(C)C)C1)NC(=O)OC(C)(C)C. The van der Waals surface area contributed by atoms with Crippen LogP contribution in [0.5, 0.6) is 0 Å². The first-order chi connectivity index (χ1) is 12.3. The number of ether oxygens (including phenoxy) is 2. The lowest BCUT2D eigenvalue weighted by atomic mass is 10.2. The maximum absolute atomic E-state index is 12.3. The Hall–Kier alpha value is -1.22. The van der Waals surface area contributed by atoms with Crippen molar-refractivity contribution in [2.75, 3.05) is 44.2 Å². The van der Waals surface area contributed by atoms with Crippen molar-refractivity contribution >= 4 is 33.0 Å². The molecule has 1 N–H and O–H groups in total. The summed E-state index contributed by atoms with van der Waals surface area (Å²) in [5, 5.41) is 4.13. The molecule has 9 heteroatoms. The van der Waals surface area contributed by atoms with E-state index in [0.717, 1.165) is 5.75 Å². The molecule has 1 rings (SSSR count). The van der Waals surface area contributed by atoms with Gasteiger partial charge in [0.15, 0.2) is 0 Å². The van der Waals surface area contributed by atoms with Gasteiger partial charge in [0.25, 0.3) is 0 Å². The van der Waals surface area contributed by atoms with E-state index in [1.165, 1.54) is 0 Å². The first-order valence-electron chi connectivity index (χ1n) is 8.92. The number of carbonyl (C=O) groups is 2. The summed E-state index contributed by atoms with van der Waals surface area (Å²) < 4.78 is 22.7. The van der Waals surface area contributed by atoms with Crippen molar-refractivity contribution in [3.05, 3.63) is 11.5 Å². The molecule has 1 heterocycles. The second kappa shape index (κ2) is 9.82. The van der Waals surface area contributed by atoms with Gasteiger partial charge in [0.2, 0.25) is 0 Å². The fourth-order valence-corrected chi connectivity index (χ4v) is 3.90. The average molecular weight is 423 g/mol. The van der Waals surface area contributed by atoms with Gasteiger partial charge in [-0.2, -0.15) is 0 Å². The summed E-state index contributed by atoms with van der Waals surface area (Å²) in [5.41, 5.74) is -0.561. The van der Waals surface area contributed by atoms with Crippen LogP contribution in [0.15, 0.2) is 11.5 Å². The molecule has 0 bridgehead atoms. The fraction of sp³-hybridized carbons (Fsp3) is 0.778. The molecule has 2 unspecified atom stereocenters. The summed E-state index contributed by atoms with van der Waals surface area (Å²) >= 11 is 0. The highest BCUT2D eigenvalue weighted by atomic mass is 32.3. The van der Waals surface area contributed by atoms with Crippen molar-refractivity contribution in [3.63, 3.8) is 0 Å². The predicted molar refractivity (Wildman–Crippen MR) is 113 cm³/mol. The Labute approximate surface area is 167 Å². The molecule has 1 aliphatic rings. The van der Waals surface area contributed by atoms with Crippen LogP contribution >= 0.6 is 10.0 Å². The maximum Gasteiger partial charge on any atom is 0.409 e. The van der Waals surface area contributed by atoms with Gasteiger partial charge in [-0.15, -0.1) is 0 Å². The van der Waals surface area contributed by atoms with E-state index < -0.39 is 32.5 Å². The van der Waals surface area contributed by atoms with Crippen molar-refractivity contribution in [3.8, 4) is 0 Å². The van der Waals surface area contributed by atoms with E-state index in [4.69, 9.17) is 9.47 Å². The third-order valence-electron chi connectivity index (χ3n) is 3.60. The zero-order valence-corrected chi connectivity index (χ0v) is 19.1. The number of amides is 2. The van der Waals surface area contributed by atoms with E-state index in [9.17, 15) is 13.8 Å². The van der Waals surface area contributed by atoms with Crippen LogP contribution < -0.4 is 5.32 Å². The highest BCUT2D eigenvalue weighted by Gasteiger charge is 2.35. The number of likely N-dealkylation sites (tertiary alicyclic amines) is 1. The Morgan fingerprint density at radius 1 is 1.30 bits per heavy atom. The van der Waals surface area contributed by atoms with Gasteiger partial charge in [-0.1, -0.05) is 6.08 Å². The third kappa shape index (κ3) is 10.0. The number of nitrogens with one attached hydrogen (secondary N) is 1. The summed E-state index contributed by atoms with van der Waals surface area (Å²) in [4.78, 5) is 25.2. The number of hydrogen-bond acceptors (Lipinski definition) is 5. The van der Waals surface area contributed by atoms with Gasteiger partial charge in [-0.05, 0) is 46.5 Å². The maximum atomic E-state index is 12.3. The molecule has 1 fully saturated rings. The van der Waals surface area contributed by atoms with Crippen LogP contribution in [0.25, 0.3) is 0 Å². The van der Waals surface area contributed by atoms with E-state index in [0.29, 0.717) is 19.7 Å². The summed E-state index contributed by atoms with van der Waals surface area (Å²) in [6.07, 6.45) is 7.35. The largest absolute Gasteiger partial charge is 0.449 e. The lowest BCUT2D eigenvalue weighted by Gasteiger charge is -2.37. The lowest BCUT2D eigenvalue weighted by molar-refractivity contribution is 0.0517. The minimum Gasteiger partial charge on any atom is -0.449 e. The number of rotatable bonds is 7. The van der Waals surface area contributed by atoms with Crippen molar-refractivity contribution in [1.82, 2.24) is 10.2 Å². The van der Waals surface area contributed by atoms with E-state index in [-0.39, 0.29) is 17.4 Å². The van der Waals surface area contributed by atoms with Crippen molar-refractivity contribution in [2.24, 2.45) is 0 Å². The smallest absolute Gasteiger partial charge is 0.409 e. The first-order valence-corrected chi connectivity index (χ1v) is 13.2. The molecule has 1 saturated heterocycles. The molecule has 0 radical (unpaired) electrons. The number of nitrogens with zero attached hydrogens (tertiary/aromatic N) is 1. The molecule has 0 saturated carbocycles. The van der Waals surface area contributed by atoms with E-state index >= 15 is 0 Å². The molecule has 158 valence electrons. The lowest BCUT2D eigenvalue weighted by Crippen LogP contribution is -2.55. The average Bonchev–Trinajstić information content (AvgIpc) is 2.39. The third-order valence-corrected chi connectivity index (χ3v) is 6.37. The van der Waals surface area contributed by atoms with E-state index in [2.05, 4.69) is 24.1 Å². The minimum absolute atomic E-state index is 0.101. The van der Waals surface area contributed by atoms with Gasteiger partial charge < -0.3 is 19.7 Å². The number of alkyl carbamates (subject to hydrolysis) is 1. The Balaban J connectivity index is 2.30. The van der Waals surface area contributed by atoms with E-state index in [1.807, 2.05) is 0 Å². The summed E-state index contributed by atoms with van der Waals surface area (Å²) in [6.45, 7) is 8.42. The second-order valence-corrected chi connectivity index (χ2v) is 14.7. The van der Waals surface area contributed by atoms with Gasteiger partial charge >= 0.3 is 12.2 Å². The highest BCUT2D eigenvalue weighted by molar-refractivity contribution is 8.32. The molecule has 2 amide bonds. The Morgan fingerprint density at radius 2 is 1.89 bits per heavy atom. The van der Waals surface area contributed by atoms with Crippen LogP contribution in [0.1, 0.15) is 27.7 Å². The van der Waals surface area contributed by atoms with Crippen LogP contribution in [0.3, 0.4) is 0 Å². The minimum atomic E-state index is -1.21. The molecule has 0 aromatic rings. The first kappa shape index (κ1) is 23.8. The van der Waals surface area contributed by atoms with Crippen LogP contribution in [0, 0.1) is 0 Å². The highest BCUT2D eigenvalue weighted by Crippen LogP contribution is 2.33. The topological polar surface area (TPSA) is 84.9 Å². The Kier molecular flexibility index (Phi) is 8.66. The summed E-state index contributed by atoms with van der Waals surface area (Å²) in [5.74, 6) is 0.882. The standard InChI is InChI=1S/C18H34N2O5S2/c1-14(19-16(21)25-18(2,3)4)8-10-26(23)15-12-20(13-15)17(22)24-9-11-27(5,6)7/h8,10,14-15H,9,11-13H2,1-7H3,(H,19,21)/b10-8+. The van der Waals surface area contributed by atoms with Crippen molar-refractivity contribution in [1.29, 1.82) is 0 Å². The molecule has 7 nitrogen and oxygen atoms in total. The van der Waals surface area contributed by atoms with Crippen molar-refractivity contribution in [2.45, 2.75) is 44.6 Å². The summed E-state index contributed by atoms with van der Waals surface area (Å²) in [7, 11) is -1.89. The fourth-order valence-electron chi connectivity index (χ4n) is 2.05. The molecular weight excluding hydrogens is 388 g/mol. The molecule has 2 atom stereocenters. The Bertz CT molecular complexity index is 575.